The Balaban J connectivity index is 1.57. The maximum absolute atomic E-state index is 12.4. The second-order valence-corrected chi connectivity index (χ2v) is 6.66. The molecule has 3 aromatic heterocycles. The highest BCUT2D eigenvalue weighted by molar-refractivity contribution is 5.91. The van der Waals surface area contributed by atoms with Crippen molar-refractivity contribution in [3.05, 3.63) is 31.0 Å². The van der Waals surface area contributed by atoms with Crippen LogP contribution in [0.4, 0.5) is 19.0 Å². The summed E-state index contributed by atoms with van der Waals surface area (Å²) < 4.78 is 37.3. The molecular weight excluding hydrogens is 375 g/mol. The molecule has 28 heavy (non-hydrogen) atoms. The van der Waals surface area contributed by atoms with E-state index in [9.17, 15) is 18.0 Å². The molecule has 1 aliphatic carbocycles. The minimum absolute atomic E-state index is 0.370. The standard InChI is InChI=1S/C17H16F3N7O/c18-17(19,20)8-24-15(28)16(3-1-4-16)27-12-2-5-22-14(26-12)11-7-23-13-10(11)6-21-9-25-13/h2,5-7,9H,1,3-4,8H2,(H,24,28)(H,21,23,25)(H,22,26,27)/p+1. The van der Waals surface area contributed by atoms with Crippen molar-refractivity contribution in [2.75, 3.05) is 11.9 Å². The summed E-state index contributed by atoms with van der Waals surface area (Å²) in [6.45, 7) is -1.36. The van der Waals surface area contributed by atoms with Gasteiger partial charge >= 0.3 is 6.18 Å². The molecule has 4 N–H and O–H groups in total. The highest BCUT2D eigenvalue weighted by Crippen LogP contribution is 2.36. The molecule has 3 heterocycles. The van der Waals surface area contributed by atoms with Crippen LogP contribution in [-0.4, -0.2) is 44.1 Å². The largest absolute Gasteiger partial charge is 0.405 e. The topological polar surface area (TPSA) is 110 Å². The van der Waals surface area contributed by atoms with Crippen LogP contribution in [0.25, 0.3) is 22.4 Å². The number of amides is 1. The van der Waals surface area contributed by atoms with Crippen LogP contribution in [0.15, 0.2) is 31.0 Å². The number of carbonyl (C=O) groups is 1. The van der Waals surface area contributed by atoms with Crippen LogP contribution in [-0.2, 0) is 4.79 Å². The predicted octanol–water partition coefficient (Wildman–Crippen LogP) is 1.85. The van der Waals surface area contributed by atoms with Gasteiger partial charge in [0.25, 0.3) is 12.0 Å². The summed E-state index contributed by atoms with van der Waals surface area (Å²) in [5, 5.41) is 5.77. The van der Waals surface area contributed by atoms with Crippen molar-refractivity contribution < 1.29 is 22.9 Å². The molecule has 4 rings (SSSR count). The molecule has 1 aliphatic rings. The summed E-state index contributed by atoms with van der Waals surface area (Å²) >= 11 is 0. The van der Waals surface area contributed by atoms with Crippen molar-refractivity contribution in [3.63, 3.8) is 0 Å². The molecule has 1 saturated carbocycles. The number of nitrogens with one attached hydrogen (secondary N) is 4. The molecule has 0 spiro atoms. The second-order valence-electron chi connectivity index (χ2n) is 6.66. The number of alkyl halides is 3. The lowest BCUT2D eigenvalue weighted by molar-refractivity contribution is -0.380. The van der Waals surface area contributed by atoms with Crippen LogP contribution in [0.5, 0.6) is 0 Å². The smallest absolute Gasteiger partial charge is 0.356 e. The first-order chi connectivity index (χ1) is 13.4. The summed E-state index contributed by atoms with van der Waals surface area (Å²) in [5.74, 6) is 0.0963. The quantitative estimate of drug-likeness (QED) is 0.614. The Hall–Kier alpha value is -3.24. The SMILES string of the molecule is O=C(NCC(F)(F)F)C1(Nc2ccnc(-c3c[nH]c4nc[nH+]cc34)n2)CCC1. The lowest BCUT2D eigenvalue weighted by Gasteiger charge is -2.41. The zero-order valence-corrected chi connectivity index (χ0v) is 14.6. The van der Waals surface area contributed by atoms with Gasteiger partial charge in [0.2, 0.25) is 5.91 Å². The van der Waals surface area contributed by atoms with Crippen LogP contribution in [0.2, 0.25) is 0 Å². The van der Waals surface area contributed by atoms with Gasteiger partial charge in [-0.15, -0.1) is 0 Å². The monoisotopic (exact) mass is 392 g/mol. The minimum Gasteiger partial charge on any atom is -0.356 e. The summed E-state index contributed by atoms with van der Waals surface area (Å²) in [5.41, 5.74) is 0.289. The Morgan fingerprint density at radius 2 is 2.14 bits per heavy atom. The van der Waals surface area contributed by atoms with Gasteiger partial charge in [0.1, 0.15) is 24.1 Å². The first-order valence-corrected chi connectivity index (χ1v) is 8.66. The van der Waals surface area contributed by atoms with Crippen molar-refractivity contribution in [1.29, 1.82) is 0 Å². The third-order valence-electron chi connectivity index (χ3n) is 4.75. The number of nitrogens with zero attached hydrogens (tertiary/aromatic N) is 3. The van der Waals surface area contributed by atoms with Crippen molar-refractivity contribution in [1.82, 2.24) is 25.3 Å². The van der Waals surface area contributed by atoms with Gasteiger partial charge in [-0.2, -0.15) is 13.2 Å². The van der Waals surface area contributed by atoms with E-state index >= 15 is 0 Å². The number of H-pyrrole nitrogens is 2. The summed E-state index contributed by atoms with van der Waals surface area (Å²) in [4.78, 5) is 31.1. The van der Waals surface area contributed by atoms with E-state index in [1.54, 1.807) is 24.8 Å². The maximum Gasteiger partial charge on any atom is 0.405 e. The third kappa shape index (κ3) is 3.47. The zero-order valence-electron chi connectivity index (χ0n) is 14.6. The van der Waals surface area contributed by atoms with E-state index in [1.165, 1.54) is 6.20 Å². The lowest BCUT2D eigenvalue weighted by Crippen LogP contribution is -2.58. The molecule has 146 valence electrons. The maximum atomic E-state index is 12.4. The summed E-state index contributed by atoms with van der Waals surface area (Å²) in [6.07, 6.45) is 3.71. The van der Waals surface area contributed by atoms with E-state index in [2.05, 4.69) is 30.2 Å². The fourth-order valence-electron chi connectivity index (χ4n) is 3.18. The van der Waals surface area contributed by atoms with Gasteiger partial charge in [0, 0.05) is 12.4 Å². The van der Waals surface area contributed by atoms with Crippen LogP contribution >= 0.6 is 0 Å². The first-order valence-electron chi connectivity index (χ1n) is 8.66. The van der Waals surface area contributed by atoms with E-state index in [0.29, 0.717) is 35.7 Å². The van der Waals surface area contributed by atoms with Gasteiger partial charge in [-0.1, -0.05) is 0 Å². The van der Waals surface area contributed by atoms with Gasteiger partial charge in [-0.05, 0) is 30.3 Å². The first kappa shape index (κ1) is 18.1. The minimum atomic E-state index is -4.46. The summed E-state index contributed by atoms with van der Waals surface area (Å²) in [6, 6.07) is 1.58. The van der Waals surface area contributed by atoms with Gasteiger partial charge in [-0.3, -0.25) is 4.79 Å². The third-order valence-corrected chi connectivity index (χ3v) is 4.75. The molecule has 0 aromatic carbocycles. The number of aromatic nitrogens is 5. The normalized spacial score (nSPS) is 15.8. The van der Waals surface area contributed by atoms with Crippen molar-refractivity contribution in [2.24, 2.45) is 0 Å². The highest BCUT2D eigenvalue weighted by atomic mass is 19.4. The molecule has 0 aliphatic heterocycles. The average Bonchev–Trinajstić information content (AvgIpc) is 3.06. The van der Waals surface area contributed by atoms with Crippen molar-refractivity contribution in [3.8, 4) is 11.4 Å². The molecule has 8 nitrogen and oxygen atoms in total. The fraction of sp³-hybridized carbons (Fsp3) is 0.353. The highest BCUT2D eigenvalue weighted by Gasteiger charge is 2.45. The molecule has 11 heteroatoms. The van der Waals surface area contributed by atoms with E-state index in [0.717, 1.165) is 11.8 Å². The molecule has 3 aromatic rings. The Morgan fingerprint density at radius 3 is 2.86 bits per heavy atom. The van der Waals surface area contributed by atoms with Crippen LogP contribution < -0.4 is 15.6 Å². The van der Waals surface area contributed by atoms with Gasteiger partial charge in [0.15, 0.2) is 5.82 Å². The number of fused-ring (bicyclic) bond motifs is 1. The fourth-order valence-corrected chi connectivity index (χ4v) is 3.18. The van der Waals surface area contributed by atoms with Gasteiger partial charge in [-0.25, -0.2) is 15.0 Å². The Labute approximate surface area is 157 Å². The van der Waals surface area contributed by atoms with E-state index in [4.69, 9.17) is 0 Å². The average molecular weight is 392 g/mol. The molecule has 0 atom stereocenters. The Morgan fingerprint density at radius 1 is 1.32 bits per heavy atom. The van der Waals surface area contributed by atoms with Crippen molar-refractivity contribution >= 4 is 22.8 Å². The number of aromatic amines is 2. The number of carbonyl (C=O) groups excluding carboxylic acids is 1. The Bertz CT molecular complexity index is 1010. The second kappa shape index (κ2) is 6.73. The molecule has 0 bridgehead atoms. The number of rotatable bonds is 5. The van der Waals surface area contributed by atoms with E-state index < -0.39 is 24.2 Å². The molecule has 0 unspecified atom stereocenters. The lowest BCUT2D eigenvalue weighted by atomic mass is 9.76. The van der Waals surface area contributed by atoms with E-state index in [-0.39, 0.29) is 0 Å². The number of hydrogen-bond donors (Lipinski definition) is 3. The zero-order chi connectivity index (χ0) is 19.8. The van der Waals surface area contributed by atoms with E-state index in [1.807, 2.05) is 5.32 Å². The number of halogens is 3. The van der Waals surface area contributed by atoms with Crippen molar-refractivity contribution in [2.45, 2.75) is 31.0 Å². The Kier molecular flexibility index (Phi) is 4.36. The summed E-state index contributed by atoms with van der Waals surface area (Å²) in [7, 11) is 0. The molecule has 0 radical (unpaired) electrons. The van der Waals surface area contributed by atoms with Crippen LogP contribution in [0, 0.1) is 0 Å². The number of hydrogen-bond acceptors (Lipinski definition) is 5. The van der Waals surface area contributed by atoms with Gasteiger partial charge < -0.3 is 15.6 Å². The molecular formula is C17H17F3N7O+. The van der Waals surface area contributed by atoms with Crippen LogP contribution in [0.1, 0.15) is 19.3 Å². The number of anilines is 1. The molecule has 0 saturated heterocycles. The van der Waals surface area contributed by atoms with Crippen LogP contribution in [0.3, 0.4) is 0 Å². The molecule has 1 amide bonds. The molecule has 1 fully saturated rings. The predicted molar refractivity (Wildman–Crippen MR) is 92.9 cm³/mol. The van der Waals surface area contributed by atoms with Gasteiger partial charge in [0.05, 0.1) is 10.9 Å².